The second-order valence-corrected chi connectivity index (χ2v) is 8.78. The number of nitrogens with one attached hydrogen (secondary N) is 1. The van der Waals surface area contributed by atoms with E-state index in [0.717, 1.165) is 51.1 Å². The first kappa shape index (κ1) is 21.7. The number of sulfonamides is 1. The van der Waals surface area contributed by atoms with E-state index in [4.69, 9.17) is 4.74 Å². The SMILES string of the molecule is CC[C@@H](C(=O)NCCCN1CCOCC1)N(c1cccc(C)c1)S(C)(=O)=O. The molecule has 1 atom stereocenters. The largest absolute Gasteiger partial charge is 0.379 e. The lowest BCUT2D eigenvalue weighted by atomic mass is 10.1. The van der Waals surface area contributed by atoms with Crippen molar-refractivity contribution in [3.8, 4) is 0 Å². The van der Waals surface area contributed by atoms with Crippen molar-refractivity contribution in [2.75, 3.05) is 50.0 Å². The summed E-state index contributed by atoms with van der Waals surface area (Å²) >= 11 is 0. The molecule has 1 fully saturated rings. The fourth-order valence-corrected chi connectivity index (χ4v) is 4.49. The number of hydrogen-bond donors (Lipinski definition) is 1. The first-order valence-corrected chi connectivity index (χ1v) is 11.3. The van der Waals surface area contributed by atoms with Gasteiger partial charge in [0.15, 0.2) is 0 Å². The summed E-state index contributed by atoms with van der Waals surface area (Å²) in [7, 11) is -3.59. The highest BCUT2D eigenvalue weighted by molar-refractivity contribution is 7.92. The summed E-state index contributed by atoms with van der Waals surface area (Å²) in [5.74, 6) is -0.258. The van der Waals surface area contributed by atoms with Gasteiger partial charge in [-0.15, -0.1) is 0 Å². The summed E-state index contributed by atoms with van der Waals surface area (Å²) < 4.78 is 31.4. The molecular weight excluding hydrogens is 366 g/mol. The lowest BCUT2D eigenvalue weighted by Crippen LogP contribution is -2.49. The van der Waals surface area contributed by atoms with Crippen molar-refractivity contribution >= 4 is 21.6 Å². The Balaban J connectivity index is 1.99. The Morgan fingerprint density at radius 3 is 2.63 bits per heavy atom. The summed E-state index contributed by atoms with van der Waals surface area (Å²) in [5.41, 5.74) is 1.47. The highest BCUT2D eigenvalue weighted by Crippen LogP contribution is 2.23. The molecule has 1 aliphatic heterocycles. The summed E-state index contributed by atoms with van der Waals surface area (Å²) in [6, 6.07) is 6.45. The number of aryl methyl sites for hydroxylation is 1. The van der Waals surface area contributed by atoms with Gasteiger partial charge in [-0.25, -0.2) is 8.42 Å². The van der Waals surface area contributed by atoms with Crippen molar-refractivity contribution in [2.45, 2.75) is 32.7 Å². The number of morpholine rings is 1. The van der Waals surface area contributed by atoms with Gasteiger partial charge in [-0.2, -0.15) is 0 Å². The number of amides is 1. The van der Waals surface area contributed by atoms with Gasteiger partial charge < -0.3 is 10.1 Å². The molecule has 1 heterocycles. The van der Waals surface area contributed by atoms with Crippen LogP contribution in [0.5, 0.6) is 0 Å². The van der Waals surface area contributed by atoms with Gasteiger partial charge in [-0.1, -0.05) is 19.1 Å². The molecule has 0 saturated carbocycles. The van der Waals surface area contributed by atoms with Crippen molar-refractivity contribution in [1.29, 1.82) is 0 Å². The second kappa shape index (κ2) is 10.1. The van der Waals surface area contributed by atoms with Crippen LogP contribution in [0.4, 0.5) is 5.69 Å². The van der Waals surface area contributed by atoms with Gasteiger partial charge in [0.05, 0.1) is 25.2 Å². The summed E-state index contributed by atoms with van der Waals surface area (Å²) in [6.07, 6.45) is 2.37. The van der Waals surface area contributed by atoms with Gasteiger partial charge in [-0.05, 0) is 44.0 Å². The number of hydrogen-bond acceptors (Lipinski definition) is 5. The number of carbonyl (C=O) groups excluding carboxylic acids is 1. The van der Waals surface area contributed by atoms with E-state index in [1.165, 1.54) is 4.31 Å². The van der Waals surface area contributed by atoms with E-state index >= 15 is 0 Å². The fraction of sp³-hybridized carbons (Fsp3) is 0.632. The number of rotatable bonds is 9. The molecule has 1 N–H and O–H groups in total. The molecule has 0 bridgehead atoms. The number of anilines is 1. The molecule has 2 rings (SSSR count). The minimum Gasteiger partial charge on any atom is -0.379 e. The van der Waals surface area contributed by atoms with Crippen molar-refractivity contribution in [1.82, 2.24) is 10.2 Å². The predicted octanol–water partition coefficient (Wildman–Crippen LogP) is 1.38. The zero-order valence-electron chi connectivity index (χ0n) is 16.5. The van der Waals surface area contributed by atoms with E-state index < -0.39 is 16.1 Å². The van der Waals surface area contributed by atoms with Crippen molar-refractivity contribution < 1.29 is 17.9 Å². The molecule has 0 unspecified atom stereocenters. The maximum atomic E-state index is 12.7. The number of benzene rings is 1. The normalized spacial score (nSPS) is 16.7. The zero-order valence-corrected chi connectivity index (χ0v) is 17.3. The smallest absolute Gasteiger partial charge is 0.243 e. The number of carbonyl (C=O) groups is 1. The average molecular weight is 398 g/mol. The van der Waals surface area contributed by atoms with Crippen molar-refractivity contribution in [3.05, 3.63) is 29.8 Å². The molecule has 1 saturated heterocycles. The molecule has 0 aromatic heterocycles. The lowest BCUT2D eigenvalue weighted by molar-refractivity contribution is -0.122. The van der Waals surface area contributed by atoms with Gasteiger partial charge in [0.2, 0.25) is 15.9 Å². The van der Waals surface area contributed by atoms with Gasteiger partial charge >= 0.3 is 0 Å². The Bertz CT molecular complexity index is 717. The Hall–Kier alpha value is -1.64. The minimum atomic E-state index is -3.59. The molecule has 1 aromatic rings. The third-order valence-electron chi connectivity index (χ3n) is 4.64. The van der Waals surface area contributed by atoms with Gasteiger partial charge in [-0.3, -0.25) is 14.0 Å². The Kier molecular flexibility index (Phi) is 8.07. The highest BCUT2D eigenvalue weighted by atomic mass is 32.2. The second-order valence-electron chi connectivity index (χ2n) is 6.92. The Morgan fingerprint density at radius 2 is 2.04 bits per heavy atom. The first-order valence-electron chi connectivity index (χ1n) is 9.47. The highest BCUT2D eigenvalue weighted by Gasteiger charge is 2.31. The summed E-state index contributed by atoms with van der Waals surface area (Å²) in [5, 5.41) is 2.91. The van der Waals surface area contributed by atoms with Crippen LogP contribution in [0.2, 0.25) is 0 Å². The maximum absolute atomic E-state index is 12.7. The van der Waals surface area contributed by atoms with Gasteiger partial charge in [0, 0.05) is 19.6 Å². The van der Waals surface area contributed by atoms with Crippen molar-refractivity contribution in [2.24, 2.45) is 0 Å². The molecule has 0 aliphatic carbocycles. The van der Waals surface area contributed by atoms with Crippen LogP contribution in [0.15, 0.2) is 24.3 Å². The van der Waals surface area contributed by atoms with Crippen LogP contribution in [-0.2, 0) is 19.6 Å². The molecular formula is C19H31N3O4S. The molecule has 1 amide bonds. The van der Waals surface area contributed by atoms with Crippen LogP contribution in [-0.4, -0.2) is 70.9 Å². The van der Waals surface area contributed by atoms with Crippen LogP contribution in [0.25, 0.3) is 0 Å². The first-order chi connectivity index (χ1) is 12.8. The minimum absolute atomic E-state index is 0.258. The molecule has 0 radical (unpaired) electrons. The van der Waals surface area contributed by atoms with Crippen LogP contribution in [0.1, 0.15) is 25.3 Å². The molecule has 7 nitrogen and oxygen atoms in total. The van der Waals surface area contributed by atoms with Crippen LogP contribution >= 0.6 is 0 Å². The quantitative estimate of drug-likeness (QED) is 0.637. The van der Waals surface area contributed by atoms with E-state index in [1.54, 1.807) is 18.2 Å². The van der Waals surface area contributed by atoms with E-state index in [1.807, 2.05) is 19.9 Å². The van der Waals surface area contributed by atoms with Crippen LogP contribution in [0.3, 0.4) is 0 Å². The molecule has 8 heteroatoms. The molecule has 1 aromatic carbocycles. The average Bonchev–Trinajstić information content (AvgIpc) is 2.62. The Morgan fingerprint density at radius 1 is 1.33 bits per heavy atom. The fourth-order valence-electron chi connectivity index (χ4n) is 3.28. The monoisotopic (exact) mass is 397 g/mol. The predicted molar refractivity (Wildman–Crippen MR) is 107 cm³/mol. The van der Waals surface area contributed by atoms with Crippen LogP contribution in [0, 0.1) is 6.92 Å². The third kappa shape index (κ3) is 6.48. The van der Waals surface area contributed by atoms with Gasteiger partial charge in [0.1, 0.15) is 6.04 Å². The molecule has 27 heavy (non-hydrogen) atoms. The summed E-state index contributed by atoms with van der Waals surface area (Å²) in [6.45, 7) is 8.49. The number of nitrogens with zero attached hydrogens (tertiary/aromatic N) is 2. The van der Waals surface area contributed by atoms with Crippen molar-refractivity contribution in [3.63, 3.8) is 0 Å². The van der Waals surface area contributed by atoms with E-state index in [2.05, 4.69) is 10.2 Å². The summed E-state index contributed by atoms with van der Waals surface area (Å²) in [4.78, 5) is 15.0. The molecule has 152 valence electrons. The van der Waals surface area contributed by atoms with E-state index in [9.17, 15) is 13.2 Å². The van der Waals surface area contributed by atoms with Gasteiger partial charge in [0.25, 0.3) is 0 Å². The Labute approximate surface area is 162 Å². The molecule has 0 spiro atoms. The maximum Gasteiger partial charge on any atom is 0.243 e. The molecule has 1 aliphatic rings. The van der Waals surface area contributed by atoms with E-state index in [0.29, 0.717) is 18.7 Å². The third-order valence-corrected chi connectivity index (χ3v) is 5.82. The zero-order chi connectivity index (χ0) is 19.9. The van der Waals surface area contributed by atoms with Crippen LogP contribution < -0.4 is 9.62 Å². The topological polar surface area (TPSA) is 79.0 Å². The standard InChI is InChI=1S/C19H31N3O4S/c1-4-18(19(23)20-9-6-10-21-11-13-26-14-12-21)22(27(3,24)25)17-8-5-7-16(2)15-17/h5,7-8,15,18H,4,6,9-14H2,1-3H3,(H,20,23)/t18-/m0/s1. The van der Waals surface area contributed by atoms with E-state index in [-0.39, 0.29) is 5.91 Å². The lowest BCUT2D eigenvalue weighted by Gasteiger charge is -2.30. The number of ether oxygens (including phenoxy) is 1.